The van der Waals surface area contributed by atoms with Gasteiger partial charge in [-0.1, -0.05) is 11.6 Å². The van der Waals surface area contributed by atoms with Crippen molar-refractivity contribution in [3.8, 4) is 5.75 Å². The molecule has 0 aliphatic carbocycles. The quantitative estimate of drug-likeness (QED) is 0.476. The van der Waals surface area contributed by atoms with Gasteiger partial charge in [0, 0.05) is 16.5 Å². The Kier molecular flexibility index (Phi) is 7.27. The Hall–Kier alpha value is -2.23. The van der Waals surface area contributed by atoms with Crippen LogP contribution < -0.4 is 14.5 Å². The second kappa shape index (κ2) is 9.72. The van der Waals surface area contributed by atoms with E-state index in [2.05, 4.69) is 10.5 Å². The van der Waals surface area contributed by atoms with Crippen LogP contribution in [0.15, 0.2) is 47.6 Å². The molecule has 1 aliphatic rings. The Morgan fingerprint density at radius 2 is 2.00 bits per heavy atom. The zero-order valence-corrected chi connectivity index (χ0v) is 18.9. The molecule has 30 heavy (non-hydrogen) atoms. The number of nitrogens with zero attached hydrogens (tertiary/aromatic N) is 2. The van der Waals surface area contributed by atoms with E-state index in [9.17, 15) is 13.2 Å². The van der Waals surface area contributed by atoms with Gasteiger partial charge in [0.15, 0.2) is 0 Å². The predicted molar refractivity (Wildman–Crippen MR) is 122 cm³/mol. The van der Waals surface area contributed by atoms with Gasteiger partial charge in [0.25, 0.3) is 5.91 Å². The lowest BCUT2D eigenvalue weighted by molar-refractivity contribution is -0.119. The number of aryl methyl sites for hydroxylation is 1. The largest absolute Gasteiger partial charge is 0.489 e. The van der Waals surface area contributed by atoms with Gasteiger partial charge in [0.2, 0.25) is 10.0 Å². The van der Waals surface area contributed by atoms with E-state index < -0.39 is 22.5 Å². The highest BCUT2D eigenvalue weighted by molar-refractivity contribution is 8.00. The highest BCUT2D eigenvalue weighted by Gasteiger charge is 2.22. The fraction of sp³-hybridized carbons (Fsp3) is 0.300. The number of sulfonamides is 1. The van der Waals surface area contributed by atoms with E-state index in [4.69, 9.17) is 16.3 Å². The number of hydrogen-bond acceptors (Lipinski definition) is 6. The first kappa shape index (κ1) is 22.5. The third kappa shape index (κ3) is 6.13. The second-order valence-electron chi connectivity index (χ2n) is 6.84. The summed E-state index contributed by atoms with van der Waals surface area (Å²) in [5, 5.41) is 4.40. The van der Waals surface area contributed by atoms with Crippen LogP contribution >= 0.6 is 23.4 Å². The standard InChI is InChI=1S/C20H22ClN3O4S2/c1-14-9-16(21)5-8-19(14)24(30(2,26)27)11-20(25)23-22-10-15-3-6-17(7-4-15)28-18-12-29-13-18/h3-10,18H,11-13H2,1-2H3,(H,23,25). The maximum Gasteiger partial charge on any atom is 0.260 e. The van der Waals surface area contributed by atoms with Gasteiger partial charge in [-0.25, -0.2) is 13.8 Å². The molecular weight excluding hydrogens is 446 g/mol. The third-order valence-corrected chi connectivity index (χ3v) is 6.88. The third-order valence-electron chi connectivity index (χ3n) is 4.31. The van der Waals surface area contributed by atoms with Crippen LogP contribution in [0.25, 0.3) is 0 Å². The first-order chi connectivity index (χ1) is 14.2. The van der Waals surface area contributed by atoms with Crippen LogP contribution in [0.4, 0.5) is 5.69 Å². The molecule has 0 saturated carbocycles. The Labute approximate surface area is 185 Å². The lowest BCUT2D eigenvalue weighted by Gasteiger charge is -2.25. The zero-order chi connectivity index (χ0) is 21.7. The minimum atomic E-state index is -3.68. The number of anilines is 1. The van der Waals surface area contributed by atoms with E-state index in [1.165, 1.54) is 6.21 Å². The summed E-state index contributed by atoms with van der Waals surface area (Å²) in [6.45, 7) is 1.33. The predicted octanol–water partition coefficient (Wildman–Crippen LogP) is 3.06. The molecule has 2 aromatic carbocycles. The molecule has 1 heterocycles. The summed E-state index contributed by atoms with van der Waals surface area (Å²) in [7, 11) is -3.68. The van der Waals surface area contributed by atoms with Crippen LogP contribution in [0.1, 0.15) is 11.1 Å². The number of ether oxygens (including phenoxy) is 1. The van der Waals surface area contributed by atoms with Gasteiger partial charge >= 0.3 is 0 Å². The number of carbonyl (C=O) groups is 1. The maximum atomic E-state index is 12.3. The van der Waals surface area contributed by atoms with Crippen LogP contribution in [0.2, 0.25) is 5.02 Å². The summed E-state index contributed by atoms with van der Waals surface area (Å²) in [4.78, 5) is 12.3. The van der Waals surface area contributed by atoms with Crippen molar-refractivity contribution >= 4 is 51.2 Å². The first-order valence-corrected chi connectivity index (χ1v) is 12.5. The van der Waals surface area contributed by atoms with Crippen LogP contribution in [0.3, 0.4) is 0 Å². The highest BCUT2D eigenvalue weighted by atomic mass is 35.5. The molecule has 10 heteroatoms. The Balaban J connectivity index is 1.60. The first-order valence-electron chi connectivity index (χ1n) is 9.12. The molecule has 1 aliphatic heterocycles. The van der Waals surface area contributed by atoms with Gasteiger partial charge in [-0.05, 0) is 60.5 Å². The number of amides is 1. The van der Waals surface area contributed by atoms with Crippen molar-refractivity contribution < 1.29 is 17.9 Å². The van der Waals surface area contributed by atoms with E-state index in [0.717, 1.165) is 33.4 Å². The molecule has 0 aromatic heterocycles. The number of carbonyl (C=O) groups excluding carboxylic acids is 1. The Morgan fingerprint density at radius 3 is 2.57 bits per heavy atom. The van der Waals surface area contributed by atoms with Crippen molar-refractivity contribution in [1.82, 2.24) is 5.43 Å². The minimum Gasteiger partial charge on any atom is -0.489 e. The van der Waals surface area contributed by atoms with Gasteiger partial charge in [0.1, 0.15) is 18.4 Å². The molecule has 1 amide bonds. The molecule has 1 fully saturated rings. The normalized spacial score (nSPS) is 14.4. The zero-order valence-electron chi connectivity index (χ0n) is 16.5. The number of halogens is 1. The van der Waals surface area contributed by atoms with Gasteiger partial charge in [-0.2, -0.15) is 16.9 Å². The molecule has 2 aromatic rings. The SMILES string of the molecule is Cc1cc(Cl)ccc1N(CC(=O)NN=Cc1ccc(OC2CSC2)cc1)S(C)(=O)=O. The Bertz CT molecular complexity index is 1040. The number of hydrogen-bond donors (Lipinski definition) is 1. The highest BCUT2D eigenvalue weighted by Crippen LogP contribution is 2.25. The molecular formula is C20H22ClN3O4S2. The molecule has 0 spiro atoms. The lowest BCUT2D eigenvalue weighted by Crippen LogP contribution is -2.39. The lowest BCUT2D eigenvalue weighted by atomic mass is 10.2. The smallest absolute Gasteiger partial charge is 0.260 e. The molecule has 0 radical (unpaired) electrons. The molecule has 3 rings (SSSR count). The summed E-state index contributed by atoms with van der Waals surface area (Å²) in [5.41, 5.74) is 4.18. The van der Waals surface area contributed by atoms with Gasteiger partial charge in [-0.3, -0.25) is 9.10 Å². The Morgan fingerprint density at radius 1 is 1.30 bits per heavy atom. The molecule has 160 valence electrons. The second-order valence-corrected chi connectivity index (χ2v) is 10.3. The van der Waals surface area contributed by atoms with E-state index in [1.54, 1.807) is 25.1 Å². The van der Waals surface area contributed by atoms with Crippen LogP contribution in [0.5, 0.6) is 5.75 Å². The molecule has 0 atom stereocenters. The summed E-state index contributed by atoms with van der Waals surface area (Å²) >= 11 is 7.79. The average molecular weight is 468 g/mol. The van der Waals surface area contributed by atoms with Crippen LogP contribution in [-0.4, -0.2) is 50.9 Å². The summed E-state index contributed by atoms with van der Waals surface area (Å²) in [5.74, 6) is 2.25. The van der Waals surface area contributed by atoms with E-state index in [0.29, 0.717) is 16.3 Å². The van der Waals surface area contributed by atoms with Crippen LogP contribution in [0, 0.1) is 6.92 Å². The van der Waals surface area contributed by atoms with Crippen molar-refractivity contribution in [2.24, 2.45) is 5.10 Å². The molecule has 1 N–H and O–H groups in total. The minimum absolute atomic E-state index is 0.274. The number of thioether (sulfide) groups is 1. The van der Waals surface area contributed by atoms with Crippen molar-refractivity contribution in [1.29, 1.82) is 0 Å². The van der Waals surface area contributed by atoms with Gasteiger partial charge < -0.3 is 4.74 Å². The fourth-order valence-electron chi connectivity index (χ4n) is 2.73. The number of nitrogens with one attached hydrogen (secondary N) is 1. The fourth-order valence-corrected chi connectivity index (χ4v) is 4.44. The van der Waals surface area contributed by atoms with Crippen molar-refractivity contribution in [2.45, 2.75) is 13.0 Å². The van der Waals surface area contributed by atoms with Crippen molar-refractivity contribution in [3.05, 3.63) is 58.6 Å². The maximum absolute atomic E-state index is 12.3. The van der Waals surface area contributed by atoms with E-state index >= 15 is 0 Å². The van der Waals surface area contributed by atoms with Crippen LogP contribution in [-0.2, 0) is 14.8 Å². The number of hydrazone groups is 1. The summed E-state index contributed by atoms with van der Waals surface area (Å²) in [6.07, 6.45) is 2.80. The van der Waals surface area contributed by atoms with Gasteiger partial charge in [0.05, 0.1) is 18.2 Å². The summed E-state index contributed by atoms with van der Waals surface area (Å²) in [6, 6.07) is 12.1. The molecule has 0 unspecified atom stereocenters. The number of benzene rings is 2. The van der Waals surface area contributed by atoms with Crippen molar-refractivity contribution in [3.63, 3.8) is 0 Å². The summed E-state index contributed by atoms with van der Waals surface area (Å²) < 4.78 is 31.2. The van der Waals surface area contributed by atoms with E-state index in [1.807, 2.05) is 36.0 Å². The van der Waals surface area contributed by atoms with Crippen molar-refractivity contribution in [2.75, 3.05) is 28.6 Å². The monoisotopic (exact) mass is 467 g/mol. The number of rotatable bonds is 8. The van der Waals surface area contributed by atoms with Gasteiger partial charge in [-0.15, -0.1) is 0 Å². The topological polar surface area (TPSA) is 88.1 Å². The van der Waals surface area contributed by atoms with E-state index in [-0.39, 0.29) is 6.10 Å². The average Bonchev–Trinajstić information content (AvgIpc) is 2.64. The molecule has 7 nitrogen and oxygen atoms in total. The molecule has 0 bridgehead atoms. The molecule has 1 saturated heterocycles.